The van der Waals surface area contributed by atoms with Crippen molar-refractivity contribution in [1.29, 1.82) is 0 Å². The normalized spacial score (nSPS) is 10.3. The number of thiophene rings is 1. The van der Waals surface area contributed by atoms with Crippen LogP contribution in [-0.4, -0.2) is 18.4 Å². The van der Waals surface area contributed by atoms with Crippen LogP contribution in [0, 0.1) is 6.92 Å². The second kappa shape index (κ2) is 7.96. The topological polar surface area (TPSA) is 58.2 Å². The molecule has 2 rings (SSSR count). The number of carbonyl (C=O) groups excluding carboxylic acids is 2. The molecule has 22 heavy (non-hydrogen) atoms. The highest BCUT2D eigenvalue weighted by atomic mass is 35.5. The molecule has 0 bridgehead atoms. The molecule has 1 aromatic carbocycles. The molecule has 0 saturated carbocycles. The van der Waals surface area contributed by atoms with Crippen molar-refractivity contribution in [3.63, 3.8) is 0 Å². The molecule has 2 aromatic rings. The van der Waals surface area contributed by atoms with Gasteiger partial charge in [0.05, 0.1) is 4.88 Å². The van der Waals surface area contributed by atoms with Gasteiger partial charge in [-0.3, -0.25) is 9.59 Å². The lowest BCUT2D eigenvalue weighted by Gasteiger charge is -2.09. The van der Waals surface area contributed by atoms with Crippen molar-refractivity contribution in [2.45, 2.75) is 19.8 Å². The van der Waals surface area contributed by atoms with E-state index in [2.05, 4.69) is 10.6 Å². The van der Waals surface area contributed by atoms with Gasteiger partial charge in [0, 0.05) is 23.7 Å². The summed E-state index contributed by atoms with van der Waals surface area (Å²) in [7, 11) is 0. The van der Waals surface area contributed by atoms with Crippen molar-refractivity contribution >= 4 is 40.4 Å². The van der Waals surface area contributed by atoms with Crippen LogP contribution in [0.5, 0.6) is 0 Å². The highest BCUT2D eigenvalue weighted by Gasteiger charge is 2.07. The zero-order chi connectivity index (χ0) is 15.9. The van der Waals surface area contributed by atoms with Gasteiger partial charge >= 0.3 is 0 Å². The second-order valence-corrected chi connectivity index (χ2v) is 6.23. The Morgan fingerprint density at radius 2 is 2.09 bits per heavy atom. The monoisotopic (exact) mass is 336 g/mol. The first-order chi connectivity index (χ1) is 10.6. The molecule has 1 heterocycles. The number of halogens is 1. The zero-order valence-electron chi connectivity index (χ0n) is 12.2. The van der Waals surface area contributed by atoms with Crippen molar-refractivity contribution in [1.82, 2.24) is 5.32 Å². The van der Waals surface area contributed by atoms with Gasteiger partial charge in [0.2, 0.25) is 5.91 Å². The van der Waals surface area contributed by atoms with E-state index in [9.17, 15) is 9.59 Å². The van der Waals surface area contributed by atoms with Crippen LogP contribution in [0.4, 0.5) is 5.69 Å². The van der Waals surface area contributed by atoms with E-state index in [0.29, 0.717) is 29.3 Å². The van der Waals surface area contributed by atoms with Gasteiger partial charge in [-0.1, -0.05) is 17.7 Å². The van der Waals surface area contributed by atoms with Crippen molar-refractivity contribution in [3.05, 3.63) is 51.2 Å². The summed E-state index contributed by atoms with van der Waals surface area (Å²) in [6.45, 7) is 2.37. The number of carbonyl (C=O) groups is 2. The average Bonchev–Trinajstić information content (AvgIpc) is 3.01. The number of hydrogen-bond donors (Lipinski definition) is 2. The molecule has 0 radical (unpaired) electrons. The van der Waals surface area contributed by atoms with E-state index in [-0.39, 0.29) is 11.8 Å². The van der Waals surface area contributed by atoms with Crippen molar-refractivity contribution in [2.24, 2.45) is 0 Å². The molecule has 0 aliphatic heterocycles. The minimum atomic E-state index is -0.0936. The number of hydrogen-bond acceptors (Lipinski definition) is 3. The molecule has 0 aliphatic rings. The van der Waals surface area contributed by atoms with E-state index in [0.717, 1.165) is 11.3 Å². The lowest BCUT2D eigenvalue weighted by Crippen LogP contribution is -2.24. The van der Waals surface area contributed by atoms with E-state index >= 15 is 0 Å². The summed E-state index contributed by atoms with van der Waals surface area (Å²) in [4.78, 5) is 24.3. The Labute approximate surface area is 138 Å². The SMILES string of the molecule is Cc1cc(Cl)ccc1NC(=O)CCCNC(=O)c1cccs1. The number of aryl methyl sites for hydroxylation is 1. The first-order valence-corrected chi connectivity index (χ1v) is 8.20. The third kappa shape index (κ3) is 4.86. The van der Waals surface area contributed by atoms with Gasteiger partial charge in [-0.05, 0) is 48.6 Å². The maximum atomic E-state index is 11.9. The molecular weight excluding hydrogens is 320 g/mol. The van der Waals surface area contributed by atoms with Gasteiger partial charge in [-0.25, -0.2) is 0 Å². The molecule has 0 aliphatic carbocycles. The number of benzene rings is 1. The van der Waals surface area contributed by atoms with E-state index in [4.69, 9.17) is 11.6 Å². The third-order valence-electron chi connectivity index (χ3n) is 3.07. The van der Waals surface area contributed by atoms with E-state index in [1.165, 1.54) is 11.3 Å². The van der Waals surface area contributed by atoms with Crippen LogP contribution >= 0.6 is 22.9 Å². The Kier molecular flexibility index (Phi) is 5.98. The average molecular weight is 337 g/mol. The van der Waals surface area contributed by atoms with Gasteiger partial charge in [-0.15, -0.1) is 11.3 Å². The summed E-state index contributed by atoms with van der Waals surface area (Å²) >= 11 is 7.27. The Hall–Kier alpha value is -1.85. The molecule has 6 heteroatoms. The van der Waals surface area contributed by atoms with Gasteiger partial charge < -0.3 is 10.6 Å². The van der Waals surface area contributed by atoms with Crippen LogP contribution in [0.1, 0.15) is 28.1 Å². The summed E-state index contributed by atoms with van der Waals surface area (Å²) in [6.07, 6.45) is 0.947. The molecule has 116 valence electrons. The summed E-state index contributed by atoms with van der Waals surface area (Å²) in [5.41, 5.74) is 1.68. The highest BCUT2D eigenvalue weighted by molar-refractivity contribution is 7.12. The van der Waals surface area contributed by atoms with Crippen molar-refractivity contribution in [2.75, 3.05) is 11.9 Å². The standard InChI is InChI=1S/C16H17ClN2O2S/c1-11-10-12(17)6-7-13(11)19-15(20)5-2-8-18-16(21)14-4-3-9-22-14/h3-4,6-7,9-10H,2,5,8H2,1H3,(H,18,21)(H,19,20). The fraction of sp³-hybridized carbons (Fsp3) is 0.250. The van der Waals surface area contributed by atoms with Gasteiger partial charge in [-0.2, -0.15) is 0 Å². The van der Waals surface area contributed by atoms with Crippen LogP contribution in [0.15, 0.2) is 35.7 Å². The van der Waals surface area contributed by atoms with E-state index < -0.39 is 0 Å². The lowest BCUT2D eigenvalue weighted by molar-refractivity contribution is -0.116. The van der Waals surface area contributed by atoms with Crippen molar-refractivity contribution in [3.8, 4) is 0 Å². The maximum Gasteiger partial charge on any atom is 0.261 e. The van der Waals surface area contributed by atoms with E-state index in [1.807, 2.05) is 18.4 Å². The van der Waals surface area contributed by atoms with Gasteiger partial charge in [0.15, 0.2) is 0 Å². The maximum absolute atomic E-state index is 11.9. The number of amides is 2. The quantitative estimate of drug-likeness (QED) is 0.787. The van der Waals surface area contributed by atoms with Crippen LogP contribution in [0.3, 0.4) is 0 Å². The zero-order valence-corrected chi connectivity index (χ0v) is 13.8. The van der Waals surface area contributed by atoms with E-state index in [1.54, 1.807) is 24.3 Å². The van der Waals surface area contributed by atoms with Crippen LogP contribution in [-0.2, 0) is 4.79 Å². The van der Waals surface area contributed by atoms with Crippen LogP contribution in [0.25, 0.3) is 0 Å². The summed E-state index contributed by atoms with van der Waals surface area (Å²) in [5, 5.41) is 8.15. The highest BCUT2D eigenvalue weighted by Crippen LogP contribution is 2.19. The molecule has 0 saturated heterocycles. The largest absolute Gasteiger partial charge is 0.351 e. The minimum Gasteiger partial charge on any atom is -0.351 e. The smallest absolute Gasteiger partial charge is 0.261 e. The second-order valence-electron chi connectivity index (χ2n) is 4.84. The molecule has 2 amide bonds. The molecule has 1 aromatic heterocycles. The Balaban J connectivity index is 1.71. The Morgan fingerprint density at radius 1 is 1.27 bits per heavy atom. The fourth-order valence-corrected chi connectivity index (χ4v) is 2.79. The minimum absolute atomic E-state index is 0.0733. The molecule has 2 N–H and O–H groups in total. The van der Waals surface area contributed by atoms with Crippen LogP contribution in [0.2, 0.25) is 5.02 Å². The molecule has 0 unspecified atom stereocenters. The van der Waals surface area contributed by atoms with Gasteiger partial charge in [0.25, 0.3) is 5.91 Å². The molecule has 4 nitrogen and oxygen atoms in total. The fourth-order valence-electron chi connectivity index (χ4n) is 1.93. The Morgan fingerprint density at radius 3 is 2.77 bits per heavy atom. The summed E-state index contributed by atoms with van der Waals surface area (Å²) in [6, 6.07) is 8.94. The van der Waals surface area contributed by atoms with Gasteiger partial charge in [0.1, 0.15) is 0 Å². The summed E-state index contributed by atoms with van der Waals surface area (Å²) in [5.74, 6) is -0.167. The molecule has 0 spiro atoms. The van der Waals surface area contributed by atoms with Crippen LogP contribution < -0.4 is 10.6 Å². The number of rotatable bonds is 6. The lowest BCUT2D eigenvalue weighted by atomic mass is 10.2. The predicted molar refractivity (Wildman–Crippen MR) is 90.7 cm³/mol. The Bertz CT molecular complexity index is 656. The third-order valence-corrected chi connectivity index (χ3v) is 4.18. The summed E-state index contributed by atoms with van der Waals surface area (Å²) < 4.78 is 0. The number of nitrogens with one attached hydrogen (secondary N) is 2. The first kappa shape index (κ1) is 16.5. The molecule has 0 fully saturated rings. The molecular formula is C16H17ClN2O2S. The van der Waals surface area contributed by atoms with Crippen molar-refractivity contribution < 1.29 is 9.59 Å². The first-order valence-electron chi connectivity index (χ1n) is 6.94. The number of anilines is 1. The molecule has 0 atom stereocenters. The predicted octanol–water partition coefficient (Wildman–Crippen LogP) is 3.86.